The minimum absolute atomic E-state index is 0.414. The van der Waals surface area contributed by atoms with Gasteiger partial charge in [0, 0.05) is 18.7 Å². The normalized spacial score (nSPS) is 17.9. The summed E-state index contributed by atoms with van der Waals surface area (Å²) in [6.07, 6.45) is 1.98. The molecule has 2 aliphatic heterocycles. The number of rotatable bonds is 2. The van der Waals surface area contributed by atoms with E-state index in [9.17, 15) is 0 Å². The van der Waals surface area contributed by atoms with Crippen LogP contribution in [0.25, 0.3) is 11.3 Å². The number of hydrogen-bond donors (Lipinski definition) is 1. The third-order valence-corrected chi connectivity index (χ3v) is 4.13. The molecule has 1 saturated heterocycles. The van der Waals surface area contributed by atoms with Crippen molar-refractivity contribution in [3.63, 3.8) is 0 Å². The number of benzene rings is 1. The van der Waals surface area contributed by atoms with Gasteiger partial charge in [-0.05, 0) is 28.1 Å². The molecule has 0 aliphatic carbocycles. The summed E-state index contributed by atoms with van der Waals surface area (Å²) in [7, 11) is 0. The molecular weight excluding hydrogens is 324 g/mol. The lowest BCUT2D eigenvalue weighted by atomic mass is 10.1. The molecule has 1 aromatic carbocycles. The van der Waals surface area contributed by atoms with Crippen LogP contribution in [0, 0.1) is 0 Å². The number of nitrogens with one attached hydrogen (secondary N) is 1. The molecule has 20 heavy (non-hydrogen) atoms. The SMILES string of the molecule is Brc1cc(-c2cn(C3CNC3)nn2)cc2c1OCCO2. The van der Waals surface area contributed by atoms with Gasteiger partial charge in [-0.2, -0.15) is 0 Å². The highest BCUT2D eigenvalue weighted by Crippen LogP contribution is 2.40. The summed E-state index contributed by atoms with van der Waals surface area (Å²) >= 11 is 3.52. The van der Waals surface area contributed by atoms with Gasteiger partial charge in [-0.15, -0.1) is 5.10 Å². The summed E-state index contributed by atoms with van der Waals surface area (Å²) in [5.74, 6) is 1.51. The average molecular weight is 337 g/mol. The maximum Gasteiger partial charge on any atom is 0.175 e. The monoisotopic (exact) mass is 336 g/mol. The molecular formula is C13H13BrN4O2. The number of ether oxygens (including phenoxy) is 2. The second kappa shape index (κ2) is 4.75. The molecule has 0 spiro atoms. The highest BCUT2D eigenvalue weighted by molar-refractivity contribution is 9.10. The Morgan fingerprint density at radius 2 is 2.10 bits per heavy atom. The van der Waals surface area contributed by atoms with Gasteiger partial charge in [-0.1, -0.05) is 5.21 Å². The predicted octanol–water partition coefficient (Wildman–Crippen LogP) is 1.62. The van der Waals surface area contributed by atoms with E-state index in [0.717, 1.165) is 40.3 Å². The Labute approximate surface area is 124 Å². The van der Waals surface area contributed by atoms with E-state index in [1.54, 1.807) is 0 Å². The van der Waals surface area contributed by atoms with E-state index in [-0.39, 0.29) is 0 Å². The van der Waals surface area contributed by atoms with Crippen LogP contribution >= 0.6 is 15.9 Å². The van der Waals surface area contributed by atoms with Gasteiger partial charge in [-0.3, -0.25) is 0 Å². The van der Waals surface area contributed by atoms with Crippen LogP contribution in [-0.4, -0.2) is 41.3 Å². The molecule has 0 radical (unpaired) electrons. The summed E-state index contributed by atoms with van der Waals surface area (Å²) in [6.45, 7) is 3.06. The second-order valence-electron chi connectivity index (χ2n) is 4.88. The zero-order valence-corrected chi connectivity index (χ0v) is 12.3. The first kappa shape index (κ1) is 12.2. The van der Waals surface area contributed by atoms with Gasteiger partial charge < -0.3 is 14.8 Å². The van der Waals surface area contributed by atoms with Crippen LogP contribution in [0.15, 0.2) is 22.8 Å². The van der Waals surface area contributed by atoms with E-state index in [0.29, 0.717) is 19.3 Å². The van der Waals surface area contributed by atoms with Gasteiger partial charge >= 0.3 is 0 Å². The van der Waals surface area contributed by atoms with Crippen LogP contribution in [0.1, 0.15) is 6.04 Å². The topological polar surface area (TPSA) is 61.2 Å². The lowest BCUT2D eigenvalue weighted by Gasteiger charge is -2.26. The van der Waals surface area contributed by atoms with Crippen molar-refractivity contribution in [1.82, 2.24) is 20.3 Å². The van der Waals surface area contributed by atoms with E-state index in [2.05, 4.69) is 31.6 Å². The Morgan fingerprint density at radius 1 is 1.25 bits per heavy atom. The van der Waals surface area contributed by atoms with Gasteiger partial charge in [0.05, 0.1) is 16.7 Å². The Balaban J connectivity index is 1.70. The molecule has 2 aliphatic rings. The zero-order chi connectivity index (χ0) is 13.5. The number of fused-ring (bicyclic) bond motifs is 1. The van der Waals surface area contributed by atoms with Crippen molar-refractivity contribution in [3.8, 4) is 22.8 Å². The summed E-state index contributed by atoms with van der Waals surface area (Å²) < 4.78 is 14.0. The summed E-state index contributed by atoms with van der Waals surface area (Å²) in [4.78, 5) is 0. The molecule has 0 bridgehead atoms. The largest absolute Gasteiger partial charge is 0.486 e. The van der Waals surface area contributed by atoms with E-state index < -0.39 is 0 Å². The predicted molar refractivity (Wildman–Crippen MR) is 76.1 cm³/mol. The maximum absolute atomic E-state index is 5.63. The third kappa shape index (κ3) is 1.97. The summed E-state index contributed by atoms with van der Waals surface area (Å²) in [6, 6.07) is 4.35. The molecule has 1 fully saturated rings. The molecule has 0 unspecified atom stereocenters. The standard InChI is InChI=1S/C13H13BrN4O2/c14-10-3-8(4-12-13(10)20-2-1-19-12)11-7-18(17-16-11)9-5-15-6-9/h3-4,7,9,15H,1-2,5-6H2. The zero-order valence-electron chi connectivity index (χ0n) is 10.7. The minimum Gasteiger partial charge on any atom is -0.486 e. The summed E-state index contributed by atoms with van der Waals surface area (Å²) in [5, 5.41) is 11.7. The number of aromatic nitrogens is 3. The van der Waals surface area contributed by atoms with Crippen molar-refractivity contribution < 1.29 is 9.47 Å². The fourth-order valence-corrected chi connectivity index (χ4v) is 2.86. The molecule has 3 heterocycles. The lowest BCUT2D eigenvalue weighted by Crippen LogP contribution is -2.43. The van der Waals surface area contributed by atoms with E-state index >= 15 is 0 Å². The first-order chi connectivity index (χ1) is 9.81. The van der Waals surface area contributed by atoms with Gasteiger partial charge in [0.2, 0.25) is 0 Å². The Kier molecular flexibility index (Phi) is 2.89. The maximum atomic E-state index is 5.63. The smallest absolute Gasteiger partial charge is 0.175 e. The number of hydrogen-bond acceptors (Lipinski definition) is 5. The Hall–Kier alpha value is -1.60. The molecule has 0 saturated carbocycles. The molecule has 0 atom stereocenters. The fraction of sp³-hybridized carbons (Fsp3) is 0.385. The van der Waals surface area contributed by atoms with Gasteiger partial charge in [0.1, 0.15) is 18.9 Å². The van der Waals surface area contributed by atoms with Gasteiger partial charge in [0.15, 0.2) is 11.5 Å². The first-order valence-corrected chi connectivity index (χ1v) is 7.32. The van der Waals surface area contributed by atoms with E-state index in [1.165, 1.54) is 0 Å². The Bertz CT molecular complexity index is 654. The molecule has 1 aromatic heterocycles. The molecule has 6 nitrogen and oxygen atoms in total. The van der Waals surface area contributed by atoms with Gasteiger partial charge in [-0.25, -0.2) is 4.68 Å². The molecule has 104 valence electrons. The Morgan fingerprint density at radius 3 is 2.90 bits per heavy atom. The average Bonchev–Trinajstić information content (AvgIpc) is 2.86. The lowest BCUT2D eigenvalue weighted by molar-refractivity contribution is 0.170. The van der Waals surface area contributed by atoms with Crippen molar-refractivity contribution >= 4 is 15.9 Å². The second-order valence-corrected chi connectivity index (χ2v) is 5.73. The van der Waals surface area contributed by atoms with Crippen LogP contribution in [0.5, 0.6) is 11.5 Å². The van der Waals surface area contributed by atoms with Crippen molar-refractivity contribution in [1.29, 1.82) is 0 Å². The molecule has 2 aromatic rings. The van der Waals surface area contributed by atoms with Crippen molar-refractivity contribution in [2.75, 3.05) is 26.3 Å². The van der Waals surface area contributed by atoms with Gasteiger partial charge in [0.25, 0.3) is 0 Å². The minimum atomic E-state index is 0.414. The quantitative estimate of drug-likeness (QED) is 0.903. The first-order valence-electron chi connectivity index (χ1n) is 6.53. The molecule has 7 heteroatoms. The highest BCUT2D eigenvalue weighted by Gasteiger charge is 2.22. The highest BCUT2D eigenvalue weighted by atomic mass is 79.9. The fourth-order valence-electron chi connectivity index (χ4n) is 2.31. The van der Waals surface area contributed by atoms with E-state index in [4.69, 9.17) is 9.47 Å². The summed E-state index contributed by atoms with van der Waals surface area (Å²) in [5.41, 5.74) is 1.81. The molecule has 4 rings (SSSR count). The third-order valence-electron chi connectivity index (χ3n) is 3.54. The van der Waals surface area contributed by atoms with Crippen molar-refractivity contribution in [3.05, 3.63) is 22.8 Å². The van der Waals surface area contributed by atoms with Crippen LogP contribution in [0.2, 0.25) is 0 Å². The van der Waals surface area contributed by atoms with Crippen LogP contribution < -0.4 is 14.8 Å². The number of nitrogens with zero attached hydrogens (tertiary/aromatic N) is 3. The van der Waals surface area contributed by atoms with Crippen molar-refractivity contribution in [2.24, 2.45) is 0 Å². The number of halogens is 1. The van der Waals surface area contributed by atoms with Crippen molar-refractivity contribution in [2.45, 2.75) is 6.04 Å². The van der Waals surface area contributed by atoms with Crippen LogP contribution in [0.3, 0.4) is 0 Å². The van der Waals surface area contributed by atoms with E-state index in [1.807, 2.05) is 23.0 Å². The van der Waals surface area contributed by atoms with Crippen LogP contribution in [-0.2, 0) is 0 Å². The molecule has 1 N–H and O–H groups in total. The van der Waals surface area contributed by atoms with Crippen LogP contribution in [0.4, 0.5) is 0 Å². The molecule has 0 amide bonds.